The molecule has 0 radical (unpaired) electrons. The molecule has 0 aliphatic carbocycles. The second kappa shape index (κ2) is 63.3. The fourth-order valence-electron chi connectivity index (χ4n) is 8.43. The SMILES string of the molecule is CC/C=C\C/C=C\C/C=C\C/C=C\C/C=C\C/C=C\C/C=C\CCCCCCCCCCCCCCCCCCCCCC(=O)OC(COC(=O)CCCCCC/C=C\C/C=C\C/C=C\C/C=C\CC)COP(=O)(O)OCCN. The molecule has 0 heterocycles. The van der Waals surface area contributed by atoms with E-state index in [4.69, 9.17) is 24.3 Å². The Balaban J connectivity index is 3.86. The van der Waals surface area contributed by atoms with E-state index in [1.807, 2.05) is 0 Å². The number of ether oxygens (including phenoxy) is 2. The number of phosphoric acid groups is 1. The molecule has 9 nitrogen and oxygen atoms in total. The molecule has 0 bridgehead atoms. The van der Waals surface area contributed by atoms with Crippen LogP contribution >= 0.6 is 7.82 Å². The van der Waals surface area contributed by atoms with E-state index in [0.717, 1.165) is 116 Å². The first kappa shape index (κ1) is 75.2. The van der Waals surface area contributed by atoms with Crippen LogP contribution in [0.3, 0.4) is 0 Å². The number of hydrogen-bond acceptors (Lipinski definition) is 8. The number of nitrogens with two attached hydrogens (primary N) is 1. The van der Waals surface area contributed by atoms with Gasteiger partial charge in [0.25, 0.3) is 0 Å². The van der Waals surface area contributed by atoms with Crippen molar-refractivity contribution in [1.29, 1.82) is 0 Å². The van der Waals surface area contributed by atoms with E-state index in [9.17, 15) is 19.0 Å². The second-order valence-corrected chi connectivity index (χ2v) is 22.0. The summed E-state index contributed by atoms with van der Waals surface area (Å²) >= 11 is 0. The Morgan fingerprint density at radius 1 is 0.380 bits per heavy atom. The van der Waals surface area contributed by atoms with Gasteiger partial charge in [-0.1, -0.05) is 270 Å². The summed E-state index contributed by atoms with van der Waals surface area (Å²) in [6, 6.07) is 0. The van der Waals surface area contributed by atoms with E-state index in [2.05, 4.69) is 148 Å². The molecule has 450 valence electrons. The number of carbonyl (C=O) groups excluding carboxylic acids is 2. The summed E-state index contributed by atoms with van der Waals surface area (Å²) in [5.41, 5.74) is 5.38. The first-order chi connectivity index (χ1) is 38.8. The highest BCUT2D eigenvalue weighted by Crippen LogP contribution is 2.43. The lowest BCUT2D eigenvalue weighted by Gasteiger charge is -2.19. The summed E-state index contributed by atoms with van der Waals surface area (Å²) in [6.45, 7) is 3.49. The van der Waals surface area contributed by atoms with Crippen LogP contribution in [0.25, 0.3) is 0 Å². The van der Waals surface area contributed by atoms with Gasteiger partial charge in [-0.3, -0.25) is 18.6 Å². The molecule has 0 aliphatic rings. The van der Waals surface area contributed by atoms with Gasteiger partial charge < -0.3 is 20.1 Å². The van der Waals surface area contributed by atoms with Gasteiger partial charge in [-0.15, -0.1) is 0 Å². The standard InChI is InChI=1S/C69H116NO8P/c1-3-5-7-9-11-13-15-17-19-21-22-23-24-25-26-27-28-29-30-31-32-33-34-35-36-37-38-39-40-41-42-43-44-46-48-50-52-54-56-58-60-62-69(72)78-67(66-77-79(73,74)76-64-63-70)65-75-68(71)61-59-57-55-53-51-49-47-45-20-18-16-14-12-10-8-6-4-2/h5-8,11-14,17-20,22-23,25-26,28-29,31-32,47,49,67H,3-4,9-10,15-16,21,24,27,30,33-46,48,50-66,70H2,1-2H3,(H,73,74)/b7-5-,8-6-,13-11-,14-12-,19-17-,20-18-,23-22-,26-25-,29-28-,32-31-,49-47-. The van der Waals surface area contributed by atoms with Crippen LogP contribution in [-0.2, 0) is 32.7 Å². The molecule has 3 N–H and O–H groups in total. The average Bonchev–Trinajstić information content (AvgIpc) is 3.44. The fraction of sp³-hybridized carbons (Fsp3) is 0.652. The minimum Gasteiger partial charge on any atom is -0.462 e. The van der Waals surface area contributed by atoms with Gasteiger partial charge in [0.2, 0.25) is 0 Å². The molecule has 2 unspecified atom stereocenters. The van der Waals surface area contributed by atoms with Crippen LogP contribution < -0.4 is 5.73 Å². The zero-order valence-corrected chi connectivity index (χ0v) is 51.2. The highest BCUT2D eigenvalue weighted by molar-refractivity contribution is 7.47. The highest BCUT2D eigenvalue weighted by atomic mass is 31.2. The van der Waals surface area contributed by atoms with Crippen LogP contribution in [0.2, 0.25) is 0 Å². The third kappa shape index (κ3) is 63.2. The van der Waals surface area contributed by atoms with Crippen molar-refractivity contribution in [3.8, 4) is 0 Å². The quantitative estimate of drug-likeness (QED) is 0.0264. The van der Waals surface area contributed by atoms with Crippen molar-refractivity contribution in [2.45, 2.75) is 264 Å². The minimum absolute atomic E-state index is 0.0452. The van der Waals surface area contributed by atoms with Gasteiger partial charge in [-0.25, -0.2) is 4.57 Å². The summed E-state index contributed by atoms with van der Waals surface area (Å²) in [4.78, 5) is 35.2. The topological polar surface area (TPSA) is 134 Å². The summed E-state index contributed by atoms with van der Waals surface area (Å²) < 4.78 is 33.0. The number of rotatable bonds is 58. The third-order valence-electron chi connectivity index (χ3n) is 13.0. The lowest BCUT2D eigenvalue weighted by molar-refractivity contribution is -0.161. The van der Waals surface area contributed by atoms with Gasteiger partial charge in [0.1, 0.15) is 6.61 Å². The van der Waals surface area contributed by atoms with Crippen molar-refractivity contribution >= 4 is 19.8 Å². The first-order valence-electron chi connectivity index (χ1n) is 31.7. The number of phosphoric ester groups is 1. The van der Waals surface area contributed by atoms with E-state index in [1.54, 1.807) is 0 Å². The Morgan fingerprint density at radius 2 is 0.658 bits per heavy atom. The maximum atomic E-state index is 12.7. The van der Waals surface area contributed by atoms with Crippen molar-refractivity contribution in [1.82, 2.24) is 0 Å². The van der Waals surface area contributed by atoms with E-state index >= 15 is 0 Å². The number of unbranched alkanes of at least 4 members (excludes halogenated alkanes) is 23. The Kier molecular flexibility index (Phi) is 60.2. The predicted octanol–water partition coefficient (Wildman–Crippen LogP) is 20.5. The summed E-state index contributed by atoms with van der Waals surface area (Å²) in [5.74, 6) is -0.856. The van der Waals surface area contributed by atoms with Gasteiger partial charge in [0.15, 0.2) is 6.10 Å². The molecule has 0 amide bonds. The summed E-state index contributed by atoms with van der Waals surface area (Å²) in [6.07, 6.45) is 89.7. The molecule has 0 aromatic heterocycles. The Bertz CT molecular complexity index is 1750. The molecule has 10 heteroatoms. The molecule has 79 heavy (non-hydrogen) atoms. The van der Waals surface area contributed by atoms with Crippen molar-refractivity contribution in [2.24, 2.45) is 5.73 Å². The van der Waals surface area contributed by atoms with E-state index in [0.29, 0.717) is 12.8 Å². The summed E-state index contributed by atoms with van der Waals surface area (Å²) in [5, 5.41) is 0. The fourth-order valence-corrected chi connectivity index (χ4v) is 9.20. The number of carbonyl (C=O) groups is 2. The highest BCUT2D eigenvalue weighted by Gasteiger charge is 2.26. The Hall–Kier alpha value is -3.85. The first-order valence-corrected chi connectivity index (χ1v) is 33.2. The predicted molar refractivity (Wildman–Crippen MR) is 339 cm³/mol. The normalized spacial score (nSPS) is 13.9. The van der Waals surface area contributed by atoms with E-state index < -0.39 is 32.5 Å². The third-order valence-corrected chi connectivity index (χ3v) is 14.0. The van der Waals surface area contributed by atoms with Crippen LogP contribution in [0.15, 0.2) is 134 Å². The zero-order valence-electron chi connectivity index (χ0n) is 50.3. The lowest BCUT2D eigenvalue weighted by atomic mass is 10.0. The van der Waals surface area contributed by atoms with E-state index in [1.165, 1.54) is 103 Å². The van der Waals surface area contributed by atoms with Gasteiger partial charge in [0, 0.05) is 19.4 Å². The number of allylic oxidation sites excluding steroid dienone is 22. The second-order valence-electron chi connectivity index (χ2n) is 20.5. The van der Waals surface area contributed by atoms with Crippen LogP contribution in [0.5, 0.6) is 0 Å². The smallest absolute Gasteiger partial charge is 0.462 e. The zero-order chi connectivity index (χ0) is 57.3. The van der Waals surface area contributed by atoms with Crippen molar-refractivity contribution in [3.05, 3.63) is 134 Å². The van der Waals surface area contributed by atoms with Crippen LogP contribution in [0, 0.1) is 0 Å². The van der Waals surface area contributed by atoms with Gasteiger partial charge in [-0.2, -0.15) is 0 Å². The molecule has 0 rings (SSSR count). The molecule has 0 aromatic rings. The molecule has 0 spiro atoms. The maximum Gasteiger partial charge on any atom is 0.472 e. The minimum atomic E-state index is -4.40. The Morgan fingerprint density at radius 3 is 0.975 bits per heavy atom. The van der Waals surface area contributed by atoms with Crippen LogP contribution in [0.4, 0.5) is 0 Å². The average molecular weight is 1120 g/mol. The largest absolute Gasteiger partial charge is 0.472 e. The summed E-state index contributed by atoms with van der Waals surface area (Å²) in [7, 11) is -4.40. The van der Waals surface area contributed by atoms with Crippen molar-refractivity contribution in [3.63, 3.8) is 0 Å². The molecule has 0 aromatic carbocycles. The molecular weight excluding hydrogens is 1000 g/mol. The molecule has 0 saturated heterocycles. The lowest BCUT2D eigenvalue weighted by Crippen LogP contribution is -2.29. The molecule has 0 saturated carbocycles. The molecule has 2 atom stereocenters. The maximum absolute atomic E-state index is 12.7. The molecule has 0 aliphatic heterocycles. The molecular formula is C69H116NO8P. The van der Waals surface area contributed by atoms with Crippen LogP contribution in [0.1, 0.15) is 258 Å². The molecule has 0 fully saturated rings. The van der Waals surface area contributed by atoms with Crippen molar-refractivity contribution < 1.29 is 37.6 Å². The van der Waals surface area contributed by atoms with Crippen molar-refractivity contribution in [2.75, 3.05) is 26.4 Å². The van der Waals surface area contributed by atoms with Crippen LogP contribution in [-0.4, -0.2) is 49.3 Å². The van der Waals surface area contributed by atoms with Gasteiger partial charge in [-0.05, 0) is 109 Å². The monoisotopic (exact) mass is 1120 g/mol. The number of hydrogen-bond donors (Lipinski definition) is 2. The van der Waals surface area contributed by atoms with E-state index in [-0.39, 0.29) is 32.6 Å². The van der Waals surface area contributed by atoms with Gasteiger partial charge >= 0.3 is 19.8 Å². The Labute approximate surface area is 484 Å². The van der Waals surface area contributed by atoms with Gasteiger partial charge in [0.05, 0.1) is 13.2 Å². The number of esters is 2.